The van der Waals surface area contributed by atoms with Crippen LogP contribution in [0.2, 0.25) is 0 Å². The van der Waals surface area contributed by atoms with Crippen molar-refractivity contribution in [2.45, 2.75) is 17.9 Å². The molecular formula is C19H19NO5. The van der Waals surface area contributed by atoms with Gasteiger partial charge in [0.05, 0.1) is 14.2 Å². The maximum absolute atomic E-state index is 12.6. The van der Waals surface area contributed by atoms with Gasteiger partial charge in [0.15, 0.2) is 0 Å². The molecule has 1 saturated carbocycles. The lowest BCUT2D eigenvalue weighted by molar-refractivity contribution is -0.140. The number of aliphatic carboxylic acids is 1. The van der Waals surface area contributed by atoms with E-state index in [4.69, 9.17) is 9.47 Å². The lowest BCUT2D eigenvalue weighted by Gasteiger charge is -2.16. The number of carbonyl (C=O) groups is 2. The van der Waals surface area contributed by atoms with Crippen molar-refractivity contribution in [3.63, 3.8) is 0 Å². The fraction of sp³-hybridized carbons (Fsp3) is 0.263. The van der Waals surface area contributed by atoms with Gasteiger partial charge < -0.3 is 19.9 Å². The van der Waals surface area contributed by atoms with Crippen LogP contribution in [0.1, 0.15) is 28.3 Å². The molecule has 1 aliphatic carbocycles. The summed E-state index contributed by atoms with van der Waals surface area (Å²) in [7, 11) is 2.98. The third kappa shape index (κ3) is 3.15. The molecule has 2 N–H and O–H groups in total. The van der Waals surface area contributed by atoms with Crippen LogP contribution in [0.25, 0.3) is 0 Å². The summed E-state index contributed by atoms with van der Waals surface area (Å²) >= 11 is 0. The van der Waals surface area contributed by atoms with Crippen LogP contribution in [-0.2, 0) is 4.79 Å². The standard InChI is InChI=1S/C19H19NO5/c1-24-14-8-13(9-15(10-14)25-2)17(21)20-19(18(22)23)11-16(19)12-6-4-3-5-7-12/h3-10,16H,11H2,1-2H3,(H,20,21)(H,22,23). The number of benzene rings is 2. The van der Waals surface area contributed by atoms with Crippen molar-refractivity contribution in [3.05, 3.63) is 59.7 Å². The molecule has 0 aliphatic heterocycles. The number of carboxylic acid groups (broad SMARTS) is 1. The van der Waals surface area contributed by atoms with Gasteiger partial charge in [-0.15, -0.1) is 0 Å². The summed E-state index contributed by atoms with van der Waals surface area (Å²) in [6.45, 7) is 0. The third-order valence-corrected chi connectivity index (χ3v) is 4.49. The van der Waals surface area contributed by atoms with Crippen LogP contribution in [0.3, 0.4) is 0 Å². The van der Waals surface area contributed by atoms with Gasteiger partial charge in [-0.05, 0) is 24.1 Å². The largest absolute Gasteiger partial charge is 0.497 e. The number of carbonyl (C=O) groups excluding carboxylic acids is 1. The lowest BCUT2D eigenvalue weighted by Crippen LogP contribution is -2.44. The van der Waals surface area contributed by atoms with Crippen molar-refractivity contribution in [2.24, 2.45) is 0 Å². The third-order valence-electron chi connectivity index (χ3n) is 4.49. The Hall–Kier alpha value is -3.02. The molecule has 1 amide bonds. The molecule has 2 aromatic rings. The minimum absolute atomic E-state index is 0.248. The van der Waals surface area contributed by atoms with Crippen molar-refractivity contribution in [3.8, 4) is 11.5 Å². The Morgan fingerprint density at radius 2 is 1.68 bits per heavy atom. The number of amides is 1. The van der Waals surface area contributed by atoms with Gasteiger partial charge in [0.2, 0.25) is 0 Å². The summed E-state index contributed by atoms with van der Waals surface area (Å²) in [5.74, 6) is -0.834. The minimum Gasteiger partial charge on any atom is -0.497 e. The Labute approximate surface area is 145 Å². The van der Waals surface area contributed by atoms with Crippen molar-refractivity contribution < 1.29 is 24.2 Å². The zero-order valence-electron chi connectivity index (χ0n) is 14.0. The van der Waals surface area contributed by atoms with E-state index in [1.807, 2.05) is 30.3 Å². The topological polar surface area (TPSA) is 84.9 Å². The number of nitrogens with one attached hydrogen (secondary N) is 1. The molecule has 1 aliphatic rings. The van der Waals surface area contributed by atoms with Crippen molar-refractivity contribution >= 4 is 11.9 Å². The van der Waals surface area contributed by atoms with Gasteiger partial charge in [0, 0.05) is 17.5 Å². The lowest BCUT2D eigenvalue weighted by atomic mass is 10.1. The summed E-state index contributed by atoms with van der Waals surface area (Å²) in [6, 6.07) is 14.1. The molecule has 0 aromatic heterocycles. The molecular weight excluding hydrogens is 322 g/mol. The van der Waals surface area contributed by atoms with Crippen LogP contribution >= 0.6 is 0 Å². The van der Waals surface area contributed by atoms with Gasteiger partial charge in [0.25, 0.3) is 5.91 Å². The summed E-state index contributed by atoms with van der Waals surface area (Å²) < 4.78 is 10.3. The Morgan fingerprint density at radius 3 is 2.20 bits per heavy atom. The average molecular weight is 341 g/mol. The van der Waals surface area contributed by atoms with Crippen LogP contribution in [0.15, 0.2) is 48.5 Å². The van der Waals surface area contributed by atoms with E-state index in [2.05, 4.69) is 5.32 Å². The normalized spacial score (nSPS) is 21.3. The van der Waals surface area contributed by atoms with E-state index in [1.54, 1.807) is 18.2 Å². The first kappa shape index (κ1) is 16.8. The van der Waals surface area contributed by atoms with Crippen molar-refractivity contribution in [1.29, 1.82) is 0 Å². The van der Waals surface area contributed by atoms with Crippen LogP contribution in [0, 0.1) is 0 Å². The van der Waals surface area contributed by atoms with E-state index in [-0.39, 0.29) is 11.5 Å². The Kier molecular flexibility index (Phi) is 4.35. The predicted molar refractivity (Wildman–Crippen MR) is 91.2 cm³/mol. The van der Waals surface area contributed by atoms with Crippen LogP contribution in [0.4, 0.5) is 0 Å². The second-order valence-corrected chi connectivity index (χ2v) is 6.00. The van der Waals surface area contributed by atoms with E-state index in [1.165, 1.54) is 14.2 Å². The minimum atomic E-state index is -1.28. The Balaban J connectivity index is 1.85. The number of methoxy groups -OCH3 is 2. The van der Waals surface area contributed by atoms with Gasteiger partial charge in [-0.2, -0.15) is 0 Å². The number of ether oxygens (including phenoxy) is 2. The molecule has 0 radical (unpaired) electrons. The van der Waals surface area contributed by atoms with Gasteiger partial charge >= 0.3 is 5.97 Å². The second-order valence-electron chi connectivity index (χ2n) is 6.00. The summed E-state index contributed by atoms with van der Waals surface area (Å²) in [4.78, 5) is 24.4. The van der Waals surface area contributed by atoms with Crippen LogP contribution in [-0.4, -0.2) is 36.7 Å². The summed E-state index contributed by atoms with van der Waals surface area (Å²) in [5, 5.41) is 12.4. The van der Waals surface area contributed by atoms with Gasteiger partial charge in [-0.1, -0.05) is 30.3 Å². The van der Waals surface area contributed by atoms with E-state index in [0.717, 1.165) is 5.56 Å². The van der Waals surface area contributed by atoms with Crippen molar-refractivity contribution in [1.82, 2.24) is 5.32 Å². The Morgan fingerprint density at radius 1 is 1.08 bits per heavy atom. The first-order chi connectivity index (χ1) is 12.0. The second kappa shape index (κ2) is 6.47. The number of hydrogen-bond acceptors (Lipinski definition) is 4. The van der Waals surface area contributed by atoms with E-state index in [0.29, 0.717) is 17.9 Å². The highest BCUT2D eigenvalue weighted by molar-refractivity contribution is 6.00. The highest BCUT2D eigenvalue weighted by Gasteiger charge is 2.62. The van der Waals surface area contributed by atoms with E-state index in [9.17, 15) is 14.7 Å². The first-order valence-electron chi connectivity index (χ1n) is 7.84. The van der Waals surface area contributed by atoms with E-state index < -0.39 is 17.4 Å². The molecule has 0 bridgehead atoms. The summed E-state index contributed by atoms with van der Waals surface area (Å²) in [5.41, 5.74) is -0.0988. The van der Waals surface area contributed by atoms with Crippen molar-refractivity contribution in [2.75, 3.05) is 14.2 Å². The smallest absolute Gasteiger partial charge is 0.330 e. The maximum Gasteiger partial charge on any atom is 0.330 e. The molecule has 6 heteroatoms. The molecule has 0 heterocycles. The molecule has 0 spiro atoms. The monoisotopic (exact) mass is 341 g/mol. The molecule has 2 unspecified atom stereocenters. The fourth-order valence-electron chi connectivity index (χ4n) is 2.99. The highest BCUT2D eigenvalue weighted by atomic mass is 16.5. The quantitative estimate of drug-likeness (QED) is 0.843. The molecule has 3 rings (SSSR count). The van der Waals surface area contributed by atoms with E-state index >= 15 is 0 Å². The van der Waals surface area contributed by atoms with Gasteiger partial charge in [0.1, 0.15) is 17.0 Å². The molecule has 2 aromatic carbocycles. The highest BCUT2D eigenvalue weighted by Crippen LogP contribution is 2.51. The van der Waals surface area contributed by atoms with Crippen LogP contribution in [0.5, 0.6) is 11.5 Å². The maximum atomic E-state index is 12.6. The molecule has 1 fully saturated rings. The molecule has 6 nitrogen and oxygen atoms in total. The fourth-order valence-corrected chi connectivity index (χ4v) is 2.99. The number of rotatable bonds is 6. The average Bonchev–Trinajstić information content (AvgIpc) is 3.37. The SMILES string of the molecule is COc1cc(OC)cc(C(=O)NC2(C(=O)O)CC2c2ccccc2)c1. The molecule has 25 heavy (non-hydrogen) atoms. The van der Waals surface area contributed by atoms with Gasteiger partial charge in [-0.25, -0.2) is 4.79 Å². The zero-order chi connectivity index (χ0) is 18.0. The van der Waals surface area contributed by atoms with Crippen LogP contribution < -0.4 is 14.8 Å². The molecule has 130 valence electrons. The predicted octanol–water partition coefficient (Wildman–Crippen LogP) is 2.44. The number of hydrogen-bond donors (Lipinski definition) is 2. The molecule has 0 saturated heterocycles. The van der Waals surface area contributed by atoms with Gasteiger partial charge in [-0.3, -0.25) is 4.79 Å². The first-order valence-corrected chi connectivity index (χ1v) is 7.84. The molecule has 2 atom stereocenters. The number of carboxylic acids is 1. The Bertz CT molecular complexity index is 782. The summed E-state index contributed by atoms with van der Waals surface area (Å²) in [6.07, 6.45) is 0.360. The zero-order valence-corrected chi connectivity index (χ0v) is 14.0.